The molecule has 1 aliphatic rings. The number of aliphatic carboxylic acids is 1. The van der Waals surface area contributed by atoms with Gasteiger partial charge in [-0.1, -0.05) is 42.0 Å². The zero-order valence-electron chi connectivity index (χ0n) is 14.1. The fourth-order valence-electron chi connectivity index (χ4n) is 2.85. The molecule has 0 aliphatic carbocycles. The van der Waals surface area contributed by atoms with Gasteiger partial charge in [-0.3, -0.25) is 9.59 Å². The number of likely N-dealkylation sites (tertiary alicyclic amines) is 1. The van der Waals surface area contributed by atoms with Gasteiger partial charge in [-0.05, 0) is 30.2 Å². The summed E-state index contributed by atoms with van der Waals surface area (Å²) >= 11 is 0. The van der Waals surface area contributed by atoms with E-state index in [0.29, 0.717) is 13.2 Å². The second-order valence-corrected chi connectivity index (χ2v) is 6.43. The van der Waals surface area contributed by atoms with Gasteiger partial charge >= 0.3 is 5.97 Å². The summed E-state index contributed by atoms with van der Waals surface area (Å²) in [6.07, 6.45) is 0.0904. The average Bonchev–Trinajstić information content (AvgIpc) is 2.97. The predicted octanol–water partition coefficient (Wildman–Crippen LogP) is 3.01. The molecular formula is C20H21NO4. The maximum Gasteiger partial charge on any atom is 0.308 e. The second kappa shape index (κ2) is 7.38. The number of carbonyl (C=O) groups excluding carboxylic acids is 1. The van der Waals surface area contributed by atoms with Crippen LogP contribution in [-0.2, 0) is 22.7 Å². The van der Waals surface area contributed by atoms with Crippen molar-refractivity contribution in [2.75, 3.05) is 6.54 Å². The molecule has 2 aromatic rings. The summed E-state index contributed by atoms with van der Waals surface area (Å²) in [7, 11) is 0. The van der Waals surface area contributed by atoms with Crippen molar-refractivity contribution < 1.29 is 19.4 Å². The van der Waals surface area contributed by atoms with Gasteiger partial charge in [0.05, 0.1) is 5.92 Å². The van der Waals surface area contributed by atoms with Gasteiger partial charge in [0.2, 0.25) is 5.91 Å². The minimum absolute atomic E-state index is 0.0904. The molecule has 130 valence electrons. The first-order valence-corrected chi connectivity index (χ1v) is 8.29. The number of hydrogen-bond donors (Lipinski definition) is 1. The largest absolute Gasteiger partial charge is 0.489 e. The summed E-state index contributed by atoms with van der Waals surface area (Å²) in [4.78, 5) is 24.5. The van der Waals surface area contributed by atoms with Gasteiger partial charge in [0.25, 0.3) is 0 Å². The van der Waals surface area contributed by atoms with E-state index in [2.05, 4.69) is 12.1 Å². The van der Waals surface area contributed by atoms with Crippen molar-refractivity contribution in [3.63, 3.8) is 0 Å². The lowest BCUT2D eigenvalue weighted by molar-refractivity contribution is -0.141. The van der Waals surface area contributed by atoms with Gasteiger partial charge in [-0.25, -0.2) is 0 Å². The number of nitrogens with zero attached hydrogens (tertiary/aromatic N) is 1. The van der Waals surface area contributed by atoms with E-state index in [-0.39, 0.29) is 18.9 Å². The summed E-state index contributed by atoms with van der Waals surface area (Å²) in [5.41, 5.74) is 3.29. The summed E-state index contributed by atoms with van der Waals surface area (Å²) < 4.78 is 5.77. The van der Waals surface area contributed by atoms with E-state index in [1.807, 2.05) is 43.3 Å². The summed E-state index contributed by atoms with van der Waals surface area (Å²) in [5, 5.41) is 9.02. The van der Waals surface area contributed by atoms with Crippen molar-refractivity contribution in [3.8, 4) is 5.75 Å². The van der Waals surface area contributed by atoms with Crippen LogP contribution < -0.4 is 4.74 Å². The first-order valence-electron chi connectivity index (χ1n) is 8.29. The molecule has 1 heterocycles. The number of rotatable bonds is 6. The normalized spacial score (nSPS) is 16.9. The van der Waals surface area contributed by atoms with Crippen LogP contribution in [0, 0.1) is 12.8 Å². The van der Waals surface area contributed by atoms with Crippen molar-refractivity contribution in [1.29, 1.82) is 0 Å². The molecule has 5 nitrogen and oxygen atoms in total. The summed E-state index contributed by atoms with van der Waals surface area (Å²) in [6.45, 7) is 3.26. The molecule has 0 spiro atoms. The van der Waals surface area contributed by atoms with Crippen LogP contribution in [-0.4, -0.2) is 28.4 Å². The quantitative estimate of drug-likeness (QED) is 0.878. The summed E-state index contributed by atoms with van der Waals surface area (Å²) in [6, 6.07) is 15.8. The molecule has 25 heavy (non-hydrogen) atoms. The number of aryl methyl sites for hydroxylation is 1. The molecule has 1 atom stereocenters. The first-order chi connectivity index (χ1) is 12.0. The van der Waals surface area contributed by atoms with Crippen molar-refractivity contribution in [3.05, 3.63) is 65.2 Å². The molecule has 0 unspecified atom stereocenters. The minimum Gasteiger partial charge on any atom is -0.489 e. The smallest absolute Gasteiger partial charge is 0.308 e. The second-order valence-electron chi connectivity index (χ2n) is 6.43. The highest BCUT2D eigenvalue weighted by molar-refractivity contribution is 5.86. The van der Waals surface area contributed by atoms with E-state index >= 15 is 0 Å². The van der Waals surface area contributed by atoms with Crippen LogP contribution in [0.2, 0.25) is 0 Å². The van der Waals surface area contributed by atoms with E-state index in [1.54, 1.807) is 4.90 Å². The Bertz CT molecular complexity index is 752. The number of ether oxygens (including phenoxy) is 1. The SMILES string of the molecule is Cc1ccc(COc2ccc(CN3C[C@H](C(=O)O)CC3=O)cc2)cc1. The Morgan fingerprint density at radius 2 is 1.76 bits per heavy atom. The molecule has 1 aliphatic heterocycles. The van der Waals surface area contributed by atoms with Crippen LogP contribution in [0.3, 0.4) is 0 Å². The fraction of sp³-hybridized carbons (Fsp3) is 0.300. The molecule has 1 amide bonds. The highest BCUT2D eigenvalue weighted by atomic mass is 16.5. The molecule has 0 radical (unpaired) electrons. The van der Waals surface area contributed by atoms with Crippen LogP contribution >= 0.6 is 0 Å². The third-order valence-corrected chi connectivity index (χ3v) is 4.39. The molecule has 0 saturated carbocycles. The van der Waals surface area contributed by atoms with Gasteiger partial charge < -0.3 is 14.7 Å². The van der Waals surface area contributed by atoms with Gasteiger partial charge in [0, 0.05) is 19.5 Å². The van der Waals surface area contributed by atoms with Crippen LogP contribution in [0.4, 0.5) is 0 Å². The Balaban J connectivity index is 1.54. The van der Waals surface area contributed by atoms with Crippen molar-refractivity contribution in [1.82, 2.24) is 4.90 Å². The number of hydrogen-bond acceptors (Lipinski definition) is 3. The fourth-order valence-corrected chi connectivity index (χ4v) is 2.85. The molecular weight excluding hydrogens is 318 g/mol. The van der Waals surface area contributed by atoms with E-state index in [0.717, 1.165) is 16.9 Å². The van der Waals surface area contributed by atoms with E-state index in [9.17, 15) is 9.59 Å². The standard InChI is InChI=1S/C20H21NO4/c1-14-2-4-16(5-3-14)13-25-18-8-6-15(7-9-18)11-21-12-17(20(23)24)10-19(21)22/h2-9,17H,10-13H2,1H3,(H,23,24)/t17-/m1/s1. The number of benzene rings is 2. The van der Waals surface area contributed by atoms with E-state index in [1.165, 1.54) is 5.56 Å². The maximum absolute atomic E-state index is 11.9. The molecule has 1 N–H and O–H groups in total. The third kappa shape index (κ3) is 4.38. The van der Waals surface area contributed by atoms with Crippen LogP contribution in [0.1, 0.15) is 23.1 Å². The zero-order chi connectivity index (χ0) is 17.8. The summed E-state index contributed by atoms with van der Waals surface area (Å²) in [5.74, 6) is -0.840. The van der Waals surface area contributed by atoms with Crippen LogP contribution in [0.25, 0.3) is 0 Å². The van der Waals surface area contributed by atoms with Crippen molar-refractivity contribution >= 4 is 11.9 Å². The lowest BCUT2D eigenvalue weighted by Crippen LogP contribution is -2.25. The van der Waals surface area contributed by atoms with Gasteiger partial charge in [-0.15, -0.1) is 0 Å². The monoisotopic (exact) mass is 339 g/mol. The highest BCUT2D eigenvalue weighted by Gasteiger charge is 2.33. The lowest BCUT2D eigenvalue weighted by atomic mass is 10.1. The van der Waals surface area contributed by atoms with E-state index < -0.39 is 11.9 Å². The first kappa shape index (κ1) is 17.0. The minimum atomic E-state index is -0.907. The molecule has 0 bridgehead atoms. The average molecular weight is 339 g/mol. The molecule has 1 fully saturated rings. The molecule has 3 rings (SSSR count). The number of carbonyl (C=O) groups is 2. The predicted molar refractivity (Wildman–Crippen MR) is 93.1 cm³/mol. The Morgan fingerprint density at radius 3 is 2.36 bits per heavy atom. The number of amides is 1. The van der Waals surface area contributed by atoms with Gasteiger partial charge in [0.1, 0.15) is 12.4 Å². The number of carboxylic acids is 1. The Labute approximate surface area is 146 Å². The Kier molecular flexibility index (Phi) is 5.03. The molecule has 5 heteroatoms. The third-order valence-electron chi connectivity index (χ3n) is 4.39. The molecule has 2 aromatic carbocycles. The zero-order valence-corrected chi connectivity index (χ0v) is 14.1. The van der Waals surface area contributed by atoms with Crippen LogP contribution in [0.5, 0.6) is 5.75 Å². The Hall–Kier alpha value is -2.82. The maximum atomic E-state index is 11.9. The highest BCUT2D eigenvalue weighted by Crippen LogP contribution is 2.21. The van der Waals surface area contributed by atoms with Crippen molar-refractivity contribution in [2.45, 2.75) is 26.5 Å². The van der Waals surface area contributed by atoms with Crippen molar-refractivity contribution in [2.24, 2.45) is 5.92 Å². The van der Waals surface area contributed by atoms with Gasteiger partial charge in [-0.2, -0.15) is 0 Å². The molecule has 1 saturated heterocycles. The van der Waals surface area contributed by atoms with Crippen LogP contribution in [0.15, 0.2) is 48.5 Å². The molecule has 0 aromatic heterocycles. The number of carboxylic acid groups (broad SMARTS) is 1. The Morgan fingerprint density at radius 1 is 1.12 bits per heavy atom. The topological polar surface area (TPSA) is 66.8 Å². The van der Waals surface area contributed by atoms with E-state index in [4.69, 9.17) is 9.84 Å². The van der Waals surface area contributed by atoms with Gasteiger partial charge in [0.15, 0.2) is 0 Å². The lowest BCUT2D eigenvalue weighted by Gasteiger charge is -2.16.